The van der Waals surface area contributed by atoms with E-state index in [9.17, 15) is 18.4 Å². The largest absolute Gasteiger partial charge is 0.465 e. The van der Waals surface area contributed by atoms with Crippen LogP contribution in [0.4, 0.5) is 19.3 Å². The van der Waals surface area contributed by atoms with Crippen LogP contribution in [0.25, 0.3) is 0 Å². The highest BCUT2D eigenvalue weighted by atomic mass is 19.1. The Balaban J connectivity index is 1.74. The summed E-state index contributed by atoms with van der Waals surface area (Å²) in [6, 6.07) is 0.859. The molecule has 6 nitrogen and oxygen atoms in total. The van der Waals surface area contributed by atoms with E-state index >= 15 is 0 Å². The van der Waals surface area contributed by atoms with Gasteiger partial charge in [-0.25, -0.2) is 18.4 Å². The summed E-state index contributed by atoms with van der Waals surface area (Å²) in [5, 5.41) is 4.93. The standard InChI is InChI=1S/C19H27F2N3O3/c1-13-6-5-9-24(12-13)8-4-3-7-22-19(26)23-17-10-14(18(25)27-2)15(20)11-16(17)21/h10-11,13H,3-9,12H2,1-2H3,(H2,22,23,26)/t13-/m1/s1. The summed E-state index contributed by atoms with van der Waals surface area (Å²) < 4.78 is 31.8. The molecule has 8 heteroatoms. The number of unbranched alkanes of at least 4 members (excludes halogenated alkanes) is 1. The first-order valence-electron chi connectivity index (χ1n) is 9.25. The van der Waals surface area contributed by atoms with Crippen molar-refractivity contribution in [2.45, 2.75) is 32.6 Å². The molecular formula is C19H27F2N3O3. The number of nitrogens with one attached hydrogen (secondary N) is 2. The number of ether oxygens (including phenoxy) is 1. The van der Waals surface area contributed by atoms with Crippen molar-refractivity contribution >= 4 is 17.7 Å². The number of rotatable bonds is 7. The number of nitrogens with zero attached hydrogens (tertiary/aromatic N) is 1. The van der Waals surface area contributed by atoms with Crippen molar-refractivity contribution in [2.24, 2.45) is 5.92 Å². The van der Waals surface area contributed by atoms with E-state index in [0.717, 1.165) is 51.6 Å². The van der Waals surface area contributed by atoms with Gasteiger partial charge in [0.15, 0.2) is 0 Å². The van der Waals surface area contributed by atoms with Gasteiger partial charge in [-0.2, -0.15) is 0 Å². The molecule has 1 heterocycles. The molecule has 2 amide bonds. The lowest BCUT2D eigenvalue weighted by atomic mass is 10.0. The Morgan fingerprint density at radius 1 is 1.26 bits per heavy atom. The minimum absolute atomic E-state index is 0.281. The molecule has 1 aromatic carbocycles. The third kappa shape index (κ3) is 6.46. The quantitative estimate of drug-likeness (QED) is 0.559. The summed E-state index contributed by atoms with van der Waals surface area (Å²) in [5.41, 5.74) is -0.721. The Bertz CT molecular complexity index is 670. The van der Waals surface area contributed by atoms with Crippen molar-refractivity contribution < 1.29 is 23.1 Å². The second kappa shape index (κ2) is 10.2. The molecule has 0 saturated carbocycles. The number of hydrogen-bond donors (Lipinski definition) is 2. The molecule has 0 aliphatic carbocycles. The molecule has 0 bridgehead atoms. The number of benzene rings is 1. The number of hydrogen-bond acceptors (Lipinski definition) is 4. The fourth-order valence-electron chi connectivity index (χ4n) is 3.23. The van der Waals surface area contributed by atoms with E-state index in [1.807, 2.05) is 0 Å². The van der Waals surface area contributed by atoms with Crippen LogP contribution in [-0.4, -0.2) is 50.2 Å². The third-order valence-corrected chi connectivity index (χ3v) is 4.64. The fourth-order valence-corrected chi connectivity index (χ4v) is 3.23. The molecule has 150 valence electrons. The van der Waals surface area contributed by atoms with Crippen LogP contribution in [-0.2, 0) is 4.74 Å². The Morgan fingerprint density at radius 2 is 2.04 bits per heavy atom. The molecule has 0 aromatic heterocycles. The van der Waals surface area contributed by atoms with Gasteiger partial charge in [-0.15, -0.1) is 0 Å². The number of likely N-dealkylation sites (tertiary alicyclic amines) is 1. The number of carbonyl (C=O) groups is 2. The van der Waals surface area contributed by atoms with Crippen LogP contribution >= 0.6 is 0 Å². The van der Waals surface area contributed by atoms with Gasteiger partial charge in [-0.3, -0.25) is 0 Å². The van der Waals surface area contributed by atoms with Crippen LogP contribution in [0.15, 0.2) is 12.1 Å². The Morgan fingerprint density at radius 3 is 2.74 bits per heavy atom. The van der Waals surface area contributed by atoms with Gasteiger partial charge in [-0.05, 0) is 50.8 Å². The summed E-state index contributed by atoms with van der Waals surface area (Å²) in [7, 11) is 1.09. The lowest BCUT2D eigenvalue weighted by Gasteiger charge is -2.30. The van der Waals surface area contributed by atoms with Crippen LogP contribution in [0.3, 0.4) is 0 Å². The zero-order valence-electron chi connectivity index (χ0n) is 15.8. The number of halogens is 2. The lowest BCUT2D eigenvalue weighted by Crippen LogP contribution is -2.35. The molecule has 2 rings (SSSR count). The second-order valence-electron chi connectivity index (χ2n) is 6.94. The van der Waals surface area contributed by atoms with Crippen molar-refractivity contribution in [2.75, 3.05) is 38.6 Å². The lowest BCUT2D eigenvalue weighted by molar-refractivity contribution is 0.0595. The summed E-state index contributed by atoms with van der Waals surface area (Å²) in [5.74, 6) is -2.21. The topological polar surface area (TPSA) is 70.7 Å². The molecule has 0 radical (unpaired) electrons. The van der Waals surface area contributed by atoms with Crippen LogP contribution in [0.1, 0.15) is 43.0 Å². The average molecular weight is 383 g/mol. The van der Waals surface area contributed by atoms with Gasteiger partial charge in [0.2, 0.25) is 0 Å². The maximum absolute atomic E-state index is 13.8. The Labute approximate surface area is 158 Å². The van der Waals surface area contributed by atoms with E-state index in [1.165, 1.54) is 12.8 Å². The van der Waals surface area contributed by atoms with Crippen molar-refractivity contribution in [3.63, 3.8) is 0 Å². The number of amides is 2. The van der Waals surface area contributed by atoms with Crippen LogP contribution in [0.5, 0.6) is 0 Å². The number of urea groups is 1. The molecule has 0 unspecified atom stereocenters. The molecule has 1 fully saturated rings. The van der Waals surface area contributed by atoms with Crippen molar-refractivity contribution in [3.05, 3.63) is 29.3 Å². The maximum Gasteiger partial charge on any atom is 0.340 e. The number of piperidine rings is 1. The van der Waals surface area contributed by atoms with Gasteiger partial charge in [0.1, 0.15) is 11.6 Å². The molecule has 2 N–H and O–H groups in total. The summed E-state index contributed by atoms with van der Waals surface area (Å²) in [4.78, 5) is 25.8. The molecular weight excluding hydrogens is 356 g/mol. The summed E-state index contributed by atoms with van der Waals surface area (Å²) in [6.07, 6.45) is 4.29. The zero-order valence-corrected chi connectivity index (χ0v) is 15.8. The summed E-state index contributed by atoms with van der Waals surface area (Å²) >= 11 is 0. The molecule has 1 aliphatic rings. The number of carbonyl (C=O) groups excluding carboxylic acids is 2. The predicted molar refractivity (Wildman–Crippen MR) is 98.8 cm³/mol. The van der Waals surface area contributed by atoms with Gasteiger partial charge in [-0.1, -0.05) is 6.92 Å². The highest BCUT2D eigenvalue weighted by molar-refractivity contribution is 5.94. The SMILES string of the molecule is COC(=O)c1cc(NC(=O)NCCCCN2CCC[C@@H](C)C2)c(F)cc1F. The molecule has 1 saturated heterocycles. The monoisotopic (exact) mass is 383 g/mol. The Kier molecular flexibility index (Phi) is 7.97. The van der Waals surface area contributed by atoms with Gasteiger partial charge in [0.25, 0.3) is 0 Å². The van der Waals surface area contributed by atoms with Crippen molar-refractivity contribution in [1.29, 1.82) is 0 Å². The highest BCUT2D eigenvalue weighted by Gasteiger charge is 2.18. The molecule has 27 heavy (non-hydrogen) atoms. The first-order chi connectivity index (χ1) is 12.9. The molecule has 1 atom stereocenters. The average Bonchev–Trinajstić information content (AvgIpc) is 2.63. The first-order valence-corrected chi connectivity index (χ1v) is 9.25. The van der Waals surface area contributed by atoms with E-state index in [1.54, 1.807) is 0 Å². The van der Waals surface area contributed by atoms with Crippen molar-refractivity contribution in [3.8, 4) is 0 Å². The van der Waals surface area contributed by atoms with E-state index < -0.39 is 29.2 Å². The highest BCUT2D eigenvalue weighted by Crippen LogP contribution is 2.20. The summed E-state index contributed by atoms with van der Waals surface area (Å²) in [6.45, 7) is 5.97. The third-order valence-electron chi connectivity index (χ3n) is 4.64. The molecule has 0 spiro atoms. The van der Waals surface area contributed by atoms with Gasteiger partial charge >= 0.3 is 12.0 Å². The first kappa shape index (κ1) is 21.1. The van der Waals surface area contributed by atoms with E-state index in [4.69, 9.17) is 0 Å². The molecule has 1 aromatic rings. The molecule has 1 aliphatic heterocycles. The van der Waals surface area contributed by atoms with E-state index in [0.29, 0.717) is 12.6 Å². The zero-order chi connectivity index (χ0) is 19.8. The smallest absolute Gasteiger partial charge is 0.340 e. The van der Waals surface area contributed by atoms with Crippen LogP contribution in [0.2, 0.25) is 0 Å². The minimum Gasteiger partial charge on any atom is -0.465 e. The Hall–Kier alpha value is -2.22. The van der Waals surface area contributed by atoms with Crippen molar-refractivity contribution in [1.82, 2.24) is 10.2 Å². The minimum atomic E-state index is -1.04. The number of esters is 1. The van der Waals surface area contributed by atoms with Gasteiger partial charge in [0, 0.05) is 19.2 Å². The number of anilines is 1. The van der Waals surface area contributed by atoms with Crippen LogP contribution in [0, 0.1) is 17.6 Å². The van der Waals surface area contributed by atoms with Gasteiger partial charge in [0.05, 0.1) is 18.4 Å². The normalized spacial score (nSPS) is 17.4. The van der Waals surface area contributed by atoms with Crippen LogP contribution < -0.4 is 10.6 Å². The fraction of sp³-hybridized carbons (Fsp3) is 0.579. The predicted octanol–water partition coefficient (Wildman–Crippen LogP) is 3.39. The van der Waals surface area contributed by atoms with E-state index in [-0.39, 0.29) is 5.69 Å². The van der Waals surface area contributed by atoms with E-state index in [2.05, 4.69) is 27.2 Å². The maximum atomic E-state index is 13.8. The second-order valence-corrected chi connectivity index (χ2v) is 6.94. The van der Waals surface area contributed by atoms with Gasteiger partial charge < -0.3 is 20.3 Å². The number of methoxy groups -OCH3 is 1.